The van der Waals surface area contributed by atoms with E-state index in [1.807, 2.05) is 5.32 Å². The van der Waals surface area contributed by atoms with E-state index in [4.69, 9.17) is 16.3 Å². The van der Waals surface area contributed by atoms with Crippen molar-refractivity contribution in [2.75, 3.05) is 11.4 Å². The smallest absolute Gasteiger partial charge is 0.427 e. The maximum atomic E-state index is 15.6. The molecular weight excluding hydrogens is 614 g/mol. The van der Waals surface area contributed by atoms with Gasteiger partial charge in [0.05, 0.1) is 17.1 Å². The first-order valence-corrected chi connectivity index (χ1v) is 13.1. The Balaban J connectivity index is 1.60. The van der Waals surface area contributed by atoms with Crippen molar-refractivity contribution in [3.63, 3.8) is 0 Å². The maximum Gasteiger partial charge on any atom is 0.427 e. The Bertz CT molecular complexity index is 1740. The molecule has 2 aromatic carbocycles. The SMILES string of the molecule is CC(C)(C)OC(=O)N(C(=O)O)c1nc2cc(-c3ccc(Cl)c(C(=O)NCC(F)(F)[C@H](O)c4ccc(F)cc4)c3F)ccn2n1. The number of carboxylic acid groups (broad SMARTS) is 1. The van der Waals surface area contributed by atoms with Crippen LogP contribution in [0.1, 0.15) is 42.8 Å². The summed E-state index contributed by atoms with van der Waals surface area (Å²) in [6.45, 7) is 3.20. The zero-order valence-electron chi connectivity index (χ0n) is 23.2. The first kappa shape index (κ1) is 32.2. The second-order valence-electron chi connectivity index (χ2n) is 10.4. The standard InChI is InChI=1S/C28H24ClF4N5O6/c1-27(2,3)44-26(43)38(25(41)42)24-35-19-12-15(10-11-37(19)36-24)17-8-9-18(29)20(21(17)31)23(40)34-13-28(32,33)22(39)14-4-6-16(30)7-5-14/h4-12,22,39H,13H2,1-3H3,(H,34,40)(H,41,42)/t22-/m1/s1. The molecule has 3 N–H and O–H groups in total. The lowest BCUT2D eigenvalue weighted by molar-refractivity contribution is -0.106. The number of fused-ring (bicyclic) bond motifs is 1. The quantitative estimate of drug-likeness (QED) is 0.214. The molecule has 0 fully saturated rings. The van der Waals surface area contributed by atoms with Crippen LogP contribution in [-0.2, 0) is 4.74 Å². The number of aliphatic hydroxyl groups is 1. The number of halogens is 5. The fraction of sp³-hybridized carbons (Fsp3) is 0.250. The number of amides is 3. The number of aromatic nitrogens is 3. The van der Waals surface area contributed by atoms with Crippen LogP contribution in [0.15, 0.2) is 54.7 Å². The third kappa shape index (κ3) is 6.89. The zero-order valence-corrected chi connectivity index (χ0v) is 23.9. The summed E-state index contributed by atoms with van der Waals surface area (Å²) in [4.78, 5) is 41.2. The average molecular weight is 638 g/mol. The van der Waals surface area contributed by atoms with Crippen LogP contribution in [0.25, 0.3) is 16.8 Å². The van der Waals surface area contributed by atoms with Gasteiger partial charge in [-0.15, -0.1) is 10.00 Å². The Labute approximate surface area is 251 Å². The molecule has 0 unspecified atom stereocenters. The lowest BCUT2D eigenvalue weighted by atomic mass is 10.0. The number of imide groups is 1. The third-order valence-corrected chi connectivity index (χ3v) is 6.31. The van der Waals surface area contributed by atoms with Crippen molar-refractivity contribution < 1.29 is 46.9 Å². The Hall–Kier alpha value is -4.76. The number of hydrogen-bond donors (Lipinski definition) is 3. The van der Waals surface area contributed by atoms with Gasteiger partial charge in [0.15, 0.2) is 5.65 Å². The van der Waals surface area contributed by atoms with E-state index >= 15 is 4.39 Å². The van der Waals surface area contributed by atoms with Gasteiger partial charge in [-0.1, -0.05) is 23.7 Å². The molecule has 0 saturated carbocycles. The van der Waals surface area contributed by atoms with Crippen molar-refractivity contribution in [1.82, 2.24) is 19.9 Å². The van der Waals surface area contributed by atoms with Crippen molar-refractivity contribution in [2.45, 2.75) is 38.4 Å². The Morgan fingerprint density at radius 2 is 1.75 bits per heavy atom. The molecule has 0 aliphatic carbocycles. The molecule has 0 saturated heterocycles. The number of carbonyl (C=O) groups is 3. The van der Waals surface area contributed by atoms with E-state index < -0.39 is 70.4 Å². The first-order valence-electron chi connectivity index (χ1n) is 12.7. The average Bonchev–Trinajstić information content (AvgIpc) is 3.33. The molecule has 0 aliphatic heterocycles. The van der Waals surface area contributed by atoms with Crippen LogP contribution in [-0.4, -0.2) is 61.0 Å². The number of nitrogens with one attached hydrogen (secondary N) is 1. The van der Waals surface area contributed by atoms with Gasteiger partial charge in [-0.25, -0.2) is 31.7 Å². The lowest BCUT2D eigenvalue weighted by Crippen LogP contribution is -2.41. The summed E-state index contributed by atoms with van der Waals surface area (Å²) < 4.78 is 64.2. The number of rotatable bonds is 7. The van der Waals surface area contributed by atoms with E-state index in [0.717, 1.165) is 34.8 Å². The number of benzene rings is 2. The summed E-state index contributed by atoms with van der Waals surface area (Å²) >= 11 is 6.04. The number of hydrogen-bond acceptors (Lipinski definition) is 7. The number of alkyl halides is 2. The third-order valence-electron chi connectivity index (χ3n) is 5.99. The van der Waals surface area contributed by atoms with Crippen LogP contribution in [0, 0.1) is 11.6 Å². The number of anilines is 1. The zero-order chi connectivity index (χ0) is 32.6. The highest BCUT2D eigenvalue weighted by molar-refractivity contribution is 6.34. The molecule has 11 nitrogen and oxygen atoms in total. The Morgan fingerprint density at radius 3 is 2.36 bits per heavy atom. The predicted molar refractivity (Wildman–Crippen MR) is 149 cm³/mol. The monoisotopic (exact) mass is 637 g/mol. The molecule has 16 heteroatoms. The van der Waals surface area contributed by atoms with Crippen molar-refractivity contribution >= 4 is 41.3 Å². The molecule has 0 bridgehead atoms. The van der Waals surface area contributed by atoms with Gasteiger partial charge in [-0.2, -0.15) is 4.98 Å². The molecule has 4 aromatic rings. The topological polar surface area (TPSA) is 146 Å². The fourth-order valence-electron chi connectivity index (χ4n) is 3.94. The number of ether oxygens (including phenoxy) is 1. The summed E-state index contributed by atoms with van der Waals surface area (Å²) in [5.41, 5.74) is -2.21. The Kier molecular flexibility index (Phi) is 8.83. The van der Waals surface area contributed by atoms with Gasteiger partial charge in [0.25, 0.3) is 17.8 Å². The lowest BCUT2D eigenvalue weighted by Gasteiger charge is -2.23. The van der Waals surface area contributed by atoms with Crippen LogP contribution in [0.4, 0.5) is 33.1 Å². The van der Waals surface area contributed by atoms with Gasteiger partial charge in [-0.05, 0) is 68.3 Å². The predicted octanol–water partition coefficient (Wildman–Crippen LogP) is 5.85. The minimum absolute atomic E-state index is 0.0258. The largest absolute Gasteiger partial charge is 0.464 e. The van der Waals surface area contributed by atoms with E-state index in [1.165, 1.54) is 45.2 Å². The Morgan fingerprint density at radius 1 is 1.09 bits per heavy atom. The second kappa shape index (κ2) is 12.1. The number of nitrogens with zero attached hydrogens (tertiary/aromatic N) is 4. The van der Waals surface area contributed by atoms with Crippen molar-refractivity contribution in [3.05, 3.63) is 82.5 Å². The molecule has 3 amide bonds. The molecular formula is C28H24ClF4N5O6. The van der Waals surface area contributed by atoms with Gasteiger partial charge in [0.2, 0.25) is 0 Å². The van der Waals surface area contributed by atoms with Crippen molar-refractivity contribution in [2.24, 2.45) is 0 Å². The van der Waals surface area contributed by atoms with Crippen LogP contribution in [0.5, 0.6) is 0 Å². The summed E-state index contributed by atoms with van der Waals surface area (Å²) in [7, 11) is 0. The van der Waals surface area contributed by atoms with Crippen LogP contribution >= 0.6 is 11.6 Å². The molecule has 232 valence electrons. The van der Waals surface area contributed by atoms with Gasteiger partial charge < -0.3 is 20.3 Å². The second-order valence-corrected chi connectivity index (χ2v) is 10.8. The van der Waals surface area contributed by atoms with Crippen LogP contribution in [0.3, 0.4) is 0 Å². The summed E-state index contributed by atoms with van der Waals surface area (Å²) in [6, 6.07) is 8.67. The van der Waals surface area contributed by atoms with Gasteiger partial charge in [0.1, 0.15) is 23.3 Å². The van der Waals surface area contributed by atoms with Crippen LogP contribution in [0.2, 0.25) is 5.02 Å². The summed E-state index contributed by atoms with van der Waals surface area (Å²) in [5.74, 6) is -7.66. The molecule has 0 radical (unpaired) electrons. The normalized spacial score (nSPS) is 12.6. The van der Waals surface area contributed by atoms with E-state index in [1.54, 1.807) is 0 Å². The fourth-order valence-corrected chi connectivity index (χ4v) is 4.17. The van der Waals surface area contributed by atoms with E-state index in [-0.39, 0.29) is 27.2 Å². The van der Waals surface area contributed by atoms with E-state index in [0.29, 0.717) is 0 Å². The molecule has 44 heavy (non-hydrogen) atoms. The maximum absolute atomic E-state index is 15.6. The van der Waals surface area contributed by atoms with E-state index in [2.05, 4.69) is 10.1 Å². The van der Waals surface area contributed by atoms with Gasteiger partial charge >= 0.3 is 12.2 Å². The molecule has 4 rings (SSSR count). The van der Waals surface area contributed by atoms with Crippen molar-refractivity contribution in [3.8, 4) is 11.1 Å². The highest BCUT2D eigenvalue weighted by atomic mass is 35.5. The number of aliphatic hydroxyl groups excluding tert-OH is 1. The van der Waals surface area contributed by atoms with Crippen molar-refractivity contribution in [1.29, 1.82) is 0 Å². The van der Waals surface area contributed by atoms with Crippen LogP contribution < -0.4 is 10.2 Å². The molecule has 0 aliphatic rings. The van der Waals surface area contributed by atoms with Gasteiger partial charge in [-0.3, -0.25) is 4.79 Å². The first-order chi connectivity index (χ1) is 20.5. The molecule has 0 spiro atoms. The van der Waals surface area contributed by atoms with Gasteiger partial charge in [0, 0.05) is 11.8 Å². The highest BCUT2D eigenvalue weighted by Crippen LogP contribution is 2.33. The summed E-state index contributed by atoms with van der Waals surface area (Å²) in [5, 5.41) is 25.0. The molecule has 2 heterocycles. The molecule has 2 aromatic heterocycles. The number of pyridine rings is 1. The number of carbonyl (C=O) groups excluding carboxylic acids is 2. The minimum Gasteiger partial charge on any atom is -0.464 e. The summed E-state index contributed by atoms with van der Waals surface area (Å²) in [6.07, 6.45) is -4.09. The molecule has 1 atom stereocenters. The minimum atomic E-state index is -3.92. The van der Waals surface area contributed by atoms with E-state index in [9.17, 15) is 37.8 Å². The highest BCUT2D eigenvalue weighted by Gasteiger charge is 2.40.